The van der Waals surface area contributed by atoms with E-state index in [4.69, 9.17) is 5.73 Å². The molecule has 5 nitrogen and oxygen atoms in total. The van der Waals surface area contributed by atoms with Gasteiger partial charge in [-0.1, -0.05) is 48.5 Å². The van der Waals surface area contributed by atoms with E-state index in [1.54, 1.807) is 11.8 Å². The van der Waals surface area contributed by atoms with Crippen LogP contribution in [0.25, 0.3) is 0 Å². The van der Waals surface area contributed by atoms with E-state index < -0.39 is 11.6 Å². The topological polar surface area (TPSA) is 75.4 Å². The number of para-hydroxylation sites is 1. The Labute approximate surface area is 160 Å². The molecule has 2 aromatic rings. The van der Waals surface area contributed by atoms with Gasteiger partial charge in [0, 0.05) is 12.2 Å². The Hall–Kier alpha value is -2.37. The number of rotatable bonds is 4. The predicted molar refractivity (Wildman–Crippen MR) is 105 cm³/mol. The zero-order valence-corrected chi connectivity index (χ0v) is 15.5. The number of halogens is 1. The summed E-state index contributed by atoms with van der Waals surface area (Å²) in [4.78, 5) is 27.2. The molecule has 1 heterocycles. The van der Waals surface area contributed by atoms with Crippen LogP contribution in [0.5, 0.6) is 0 Å². The average molecular weight is 374 g/mol. The molecule has 1 aliphatic heterocycles. The van der Waals surface area contributed by atoms with Crippen molar-refractivity contribution in [3.63, 3.8) is 0 Å². The van der Waals surface area contributed by atoms with E-state index in [9.17, 15) is 9.59 Å². The molecule has 2 amide bonds. The summed E-state index contributed by atoms with van der Waals surface area (Å²) in [5, 5.41) is 2.85. The van der Waals surface area contributed by atoms with E-state index in [2.05, 4.69) is 5.32 Å². The van der Waals surface area contributed by atoms with Crippen LogP contribution in [0.15, 0.2) is 60.7 Å². The van der Waals surface area contributed by atoms with E-state index in [0.717, 1.165) is 17.7 Å². The van der Waals surface area contributed by atoms with Gasteiger partial charge in [-0.2, -0.15) is 0 Å². The van der Waals surface area contributed by atoms with Crippen LogP contribution in [0.2, 0.25) is 0 Å². The summed E-state index contributed by atoms with van der Waals surface area (Å²) in [6.07, 6.45) is 1.46. The summed E-state index contributed by atoms with van der Waals surface area (Å²) in [6.45, 7) is 2.33. The number of carbonyl (C=O) groups excluding carboxylic acids is 2. The molecule has 2 aromatic carbocycles. The Balaban J connectivity index is 0.00000243. The Morgan fingerprint density at radius 2 is 1.69 bits per heavy atom. The minimum atomic E-state index is -1.18. The van der Waals surface area contributed by atoms with E-state index in [0.29, 0.717) is 13.0 Å². The Kier molecular flexibility index (Phi) is 6.40. The second-order valence-corrected chi connectivity index (χ2v) is 6.56. The minimum absolute atomic E-state index is 0. The van der Waals surface area contributed by atoms with Gasteiger partial charge in [-0.25, -0.2) is 0 Å². The van der Waals surface area contributed by atoms with Crippen LogP contribution >= 0.6 is 12.4 Å². The maximum absolute atomic E-state index is 12.8. The van der Waals surface area contributed by atoms with E-state index >= 15 is 0 Å². The monoisotopic (exact) mass is 373 g/mol. The maximum Gasteiger partial charge on any atom is 0.249 e. The van der Waals surface area contributed by atoms with Gasteiger partial charge >= 0.3 is 0 Å². The van der Waals surface area contributed by atoms with Gasteiger partial charge in [-0.15, -0.1) is 12.4 Å². The second-order valence-electron chi connectivity index (χ2n) is 6.56. The molecule has 138 valence electrons. The molecule has 0 bridgehead atoms. The molecule has 1 saturated heterocycles. The molecule has 0 aromatic heterocycles. The van der Waals surface area contributed by atoms with Crippen molar-refractivity contribution in [2.45, 2.75) is 31.3 Å². The lowest BCUT2D eigenvalue weighted by Crippen LogP contribution is -2.58. The number of carbonyl (C=O) groups is 2. The van der Waals surface area contributed by atoms with Gasteiger partial charge in [-0.3, -0.25) is 9.59 Å². The first-order chi connectivity index (χ1) is 12.0. The third-order valence-electron chi connectivity index (χ3n) is 4.66. The SMILES string of the molecule is CC(N)(C(=O)NC1CCCN(c2ccccc2)C1=O)c1ccccc1.Cl. The van der Waals surface area contributed by atoms with Crippen molar-refractivity contribution < 1.29 is 9.59 Å². The summed E-state index contributed by atoms with van der Waals surface area (Å²) in [5.74, 6) is -0.429. The van der Waals surface area contributed by atoms with E-state index in [-0.39, 0.29) is 24.2 Å². The zero-order valence-electron chi connectivity index (χ0n) is 14.7. The predicted octanol–water partition coefficient (Wildman–Crippen LogP) is 2.59. The smallest absolute Gasteiger partial charge is 0.249 e. The van der Waals surface area contributed by atoms with Crippen LogP contribution in [0, 0.1) is 0 Å². The number of nitrogens with two attached hydrogens (primary N) is 1. The van der Waals surface area contributed by atoms with Crippen molar-refractivity contribution in [1.82, 2.24) is 5.32 Å². The Morgan fingerprint density at radius 3 is 2.31 bits per heavy atom. The van der Waals surface area contributed by atoms with Gasteiger partial charge in [0.1, 0.15) is 11.6 Å². The molecular formula is C20H24ClN3O2. The normalized spacial score (nSPS) is 19.2. The van der Waals surface area contributed by atoms with Crippen LogP contribution in [-0.2, 0) is 15.1 Å². The summed E-state index contributed by atoms with van der Waals surface area (Å²) in [7, 11) is 0. The lowest BCUT2D eigenvalue weighted by molar-refractivity contribution is -0.131. The standard InChI is InChI=1S/C20H23N3O2.ClH/c1-20(21,15-9-4-2-5-10-15)19(25)22-17-13-8-14-23(18(17)24)16-11-6-3-7-12-16;/h2-7,9-12,17H,8,13-14,21H2,1H3,(H,22,25);1H. The van der Waals surface area contributed by atoms with Crippen molar-refractivity contribution in [2.75, 3.05) is 11.4 Å². The molecule has 0 radical (unpaired) electrons. The Morgan fingerprint density at radius 1 is 1.12 bits per heavy atom. The number of hydrogen-bond donors (Lipinski definition) is 2. The molecule has 26 heavy (non-hydrogen) atoms. The molecule has 2 atom stereocenters. The summed E-state index contributed by atoms with van der Waals surface area (Å²) >= 11 is 0. The van der Waals surface area contributed by atoms with Gasteiger partial charge in [0.25, 0.3) is 0 Å². The molecule has 0 saturated carbocycles. The molecule has 3 N–H and O–H groups in total. The van der Waals surface area contributed by atoms with Crippen LogP contribution < -0.4 is 16.0 Å². The summed E-state index contributed by atoms with van der Waals surface area (Å²) in [5.41, 5.74) is 6.64. The second kappa shape index (κ2) is 8.34. The fourth-order valence-corrected chi connectivity index (χ4v) is 3.10. The number of nitrogens with zero attached hydrogens (tertiary/aromatic N) is 1. The fourth-order valence-electron chi connectivity index (χ4n) is 3.10. The quantitative estimate of drug-likeness (QED) is 0.864. The first-order valence-electron chi connectivity index (χ1n) is 8.52. The van der Waals surface area contributed by atoms with Gasteiger partial charge in [-0.05, 0) is 37.5 Å². The largest absolute Gasteiger partial charge is 0.342 e. The highest BCUT2D eigenvalue weighted by molar-refractivity contribution is 6.01. The Bertz CT molecular complexity index is 750. The van der Waals surface area contributed by atoms with Crippen LogP contribution in [0.3, 0.4) is 0 Å². The molecule has 1 fully saturated rings. The number of nitrogens with one attached hydrogen (secondary N) is 1. The fraction of sp³-hybridized carbons (Fsp3) is 0.300. The van der Waals surface area contributed by atoms with Gasteiger partial charge < -0.3 is 16.0 Å². The van der Waals surface area contributed by atoms with Gasteiger partial charge in [0.05, 0.1) is 0 Å². The van der Waals surface area contributed by atoms with Crippen LogP contribution in [0.4, 0.5) is 5.69 Å². The number of hydrogen-bond acceptors (Lipinski definition) is 3. The third kappa shape index (κ3) is 4.06. The first-order valence-corrected chi connectivity index (χ1v) is 8.52. The molecule has 6 heteroatoms. The number of piperidine rings is 1. The van der Waals surface area contributed by atoms with Crippen molar-refractivity contribution in [2.24, 2.45) is 5.73 Å². The van der Waals surface area contributed by atoms with Gasteiger partial charge in [0.2, 0.25) is 11.8 Å². The molecule has 0 aliphatic carbocycles. The maximum atomic E-state index is 12.8. The highest BCUT2D eigenvalue weighted by Gasteiger charge is 2.36. The van der Waals surface area contributed by atoms with Crippen LogP contribution in [-0.4, -0.2) is 24.4 Å². The minimum Gasteiger partial charge on any atom is -0.342 e. The van der Waals surface area contributed by atoms with Crippen molar-refractivity contribution >= 4 is 29.9 Å². The van der Waals surface area contributed by atoms with E-state index in [1.807, 2.05) is 60.7 Å². The lowest BCUT2D eigenvalue weighted by atomic mass is 9.91. The molecular weight excluding hydrogens is 350 g/mol. The van der Waals surface area contributed by atoms with Crippen LogP contribution in [0.1, 0.15) is 25.3 Å². The van der Waals surface area contributed by atoms with Crippen molar-refractivity contribution in [3.8, 4) is 0 Å². The molecule has 2 unspecified atom stereocenters. The molecule has 1 aliphatic rings. The summed E-state index contributed by atoms with van der Waals surface area (Å²) < 4.78 is 0. The summed E-state index contributed by atoms with van der Waals surface area (Å²) in [6, 6.07) is 18.2. The number of anilines is 1. The molecule has 3 rings (SSSR count). The number of amides is 2. The molecule has 0 spiro atoms. The highest BCUT2D eigenvalue weighted by atomic mass is 35.5. The third-order valence-corrected chi connectivity index (χ3v) is 4.66. The van der Waals surface area contributed by atoms with Crippen molar-refractivity contribution in [1.29, 1.82) is 0 Å². The highest BCUT2D eigenvalue weighted by Crippen LogP contribution is 2.22. The van der Waals surface area contributed by atoms with Gasteiger partial charge in [0.15, 0.2) is 0 Å². The average Bonchev–Trinajstić information content (AvgIpc) is 2.65. The van der Waals surface area contributed by atoms with Crippen molar-refractivity contribution in [3.05, 3.63) is 66.2 Å². The van der Waals surface area contributed by atoms with E-state index in [1.165, 1.54) is 0 Å². The first kappa shape index (κ1) is 19.9. The zero-order chi connectivity index (χ0) is 17.9. The number of benzene rings is 2. The lowest BCUT2D eigenvalue weighted by Gasteiger charge is -2.34.